The maximum atomic E-state index is 11.6. The summed E-state index contributed by atoms with van der Waals surface area (Å²) in [6.45, 7) is 2.04. The summed E-state index contributed by atoms with van der Waals surface area (Å²) in [6.07, 6.45) is 0.927. The van der Waals surface area contributed by atoms with Gasteiger partial charge in [0.05, 0.1) is 0 Å². The van der Waals surface area contributed by atoms with E-state index in [-0.39, 0.29) is 0 Å². The molecule has 0 bridgehead atoms. The molecule has 0 aromatic heterocycles. The van der Waals surface area contributed by atoms with Crippen LogP contribution in [0, 0.1) is 0 Å². The van der Waals surface area contributed by atoms with Crippen LogP contribution < -0.4 is 0 Å². The number of aryl methyl sites for hydroxylation is 1. The van der Waals surface area contributed by atoms with Crippen LogP contribution in [0.5, 0.6) is 0 Å². The second kappa shape index (κ2) is 4.73. The molecule has 0 atom stereocenters. The predicted molar refractivity (Wildman–Crippen MR) is 58.8 cm³/mol. The average Bonchev–Trinajstić information content (AvgIpc) is 2.27. The Balaban J connectivity index is 2.88. The van der Waals surface area contributed by atoms with Gasteiger partial charge in [0.25, 0.3) is 5.91 Å². The van der Waals surface area contributed by atoms with Gasteiger partial charge in [-0.15, -0.1) is 0 Å². The summed E-state index contributed by atoms with van der Waals surface area (Å²) in [5, 5.41) is 0. The van der Waals surface area contributed by atoms with E-state index < -0.39 is 11.7 Å². The van der Waals surface area contributed by atoms with E-state index in [1.54, 1.807) is 26.2 Å². The molecule has 15 heavy (non-hydrogen) atoms. The summed E-state index contributed by atoms with van der Waals surface area (Å²) in [7, 11) is 3.14. The largest absolute Gasteiger partial charge is 0.342 e. The Hall–Kier alpha value is -1.64. The van der Waals surface area contributed by atoms with Gasteiger partial charge in [-0.25, -0.2) is 0 Å². The van der Waals surface area contributed by atoms with Gasteiger partial charge >= 0.3 is 0 Å². The zero-order valence-corrected chi connectivity index (χ0v) is 9.28. The lowest BCUT2D eigenvalue weighted by molar-refractivity contribution is -0.124. The Morgan fingerprint density at radius 1 is 1.13 bits per heavy atom. The summed E-state index contributed by atoms with van der Waals surface area (Å²) in [5.41, 5.74) is 1.61. The van der Waals surface area contributed by atoms with Crippen molar-refractivity contribution in [2.24, 2.45) is 0 Å². The highest BCUT2D eigenvalue weighted by Crippen LogP contribution is 2.06. The Bertz CT molecular complexity index is 366. The molecule has 1 aromatic carbocycles. The molecule has 0 aliphatic rings. The van der Waals surface area contributed by atoms with E-state index in [1.165, 1.54) is 4.90 Å². The minimum atomic E-state index is -0.487. The lowest BCUT2D eigenvalue weighted by Crippen LogP contribution is -2.29. The lowest BCUT2D eigenvalue weighted by atomic mass is 10.1. The van der Waals surface area contributed by atoms with Crippen molar-refractivity contribution in [3.8, 4) is 0 Å². The molecule has 80 valence electrons. The monoisotopic (exact) mass is 205 g/mol. The summed E-state index contributed by atoms with van der Waals surface area (Å²) >= 11 is 0. The zero-order valence-electron chi connectivity index (χ0n) is 9.28. The van der Waals surface area contributed by atoms with E-state index in [1.807, 2.05) is 19.1 Å². The van der Waals surface area contributed by atoms with E-state index in [0.29, 0.717) is 5.56 Å². The lowest BCUT2D eigenvalue weighted by Gasteiger charge is -2.08. The van der Waals surface area contributed by atoms with Crippen LogP contribution in [0.2, 0.25) is 0 Å². The van der Waals surface area contributed by atoms with Gasteiger partial charge in [0.15, 0.2) is 0 Å². The number of carbonyl (C=O) groups is 2. The molecule has 3 heteroatoms. The van der Waals surface area contributed by atoms with E-state index in [2.05, 4.69) is 0 Å². The quantitative estimate of drug-likeness (QED) is 0.554. The Morgan fingerprint density at radius 2 is 1.67 bits per heavy atom. The zero-order chi connectivity index (χ0) is 11.4. The normalized spacial score (nSPS) is 9.80. The fraction of sp³-hybridized carbons (Fsp3) is 0.333. The summed E-state index contributed by atoms with van der Waals surface area (Å²) < 4.78 is 0. The molecule has 0 N–H and O–H groups in total. The van der Waals surface area contributed by atoms with Crippen LogP contribution in [0.25, 0.3) is 0 Å². The van der Waals surface area contributed by atoms with Crippen LogP contribution >= 0.6 is 0 Å². The number of nitrogens with zero attached hydrogens (tertiary/aromatic N) is 1. The highest BCUT2D eigenvalue weighted by atomic mass is 16.2. The van der Waals surface area contributed by atoms with Crippen molar-refractivity contribution in [3.63, 3.8) is 0 Å². The van der Waals surface area contributed by atoms with Crippen molar-refractivity contribution < 1.29 is 9.59 Å². The minimum absolute atomic E-state index is 0.450. The highest BCUT2D eigenvalue weighted by molar-refractivity contribution is 6.42. The molecule has 0 unspecified atom stereocenters. The summed E-state index contributed by atoms with van der Waals surface area (Å²) in [6, 6.07) is 7.14. The Kier molecular flexibility index (Phi) is 3.61. The Morgan fingerprint density at radius 3 is 2.07 bits per heavy atom. The van der Waals surface area contributed by atoms with Gasteiger partial charge in [0.2, 0.25) is 5.78 Å². The number of likely N-dealkylation sites (N-methyl/N-ethyl adjacent to an activating group) is 1. The number of rotatable bonds is 3. The second-order valence-corrected chi connectivity index (χ2v) is 3.58. The standard InChI is InChI=1S/C12H15NO2/c1-4-9-5-7-10(8-6-9)11(14)12(15)13(2)3/h5-8H,4H2,1-3H3. The van der Waals surface area contributed by atoms with Crippen molar-refractivity contribution in [2.45, 2.75) is 13.3 Å². The molecule has 0 heterocycles. The smallest absolute Gasteiger partial charge is 0.294 e. The van der Waals surface area contributed by atoms with Crippen LogP contribution in [-0.4, -0.2) is 30.7 Å². The highest BCUT2D eigenvalue weighted by Gasteiger charge is 2.17. The number of carbonyl (C=O) groups excluding carboxylic acids is 2. The van der Waals surface area contributed by atoms with Crippen LogP contribution in [0.1, 0.15) is 22.8 Å². The van der Waals surface area contributed by atoms with Crippen molar-refractivity contribution in [1.29, 1.82) is 0 Å². The molecule has 0 saturated carbocycles. The van der Waals surface area contributed by atoms with Crippen molar-refractivity contribution in [3.05, 3.63) is 35.4 Å². The topological polar surface area (TPSA) is 37.4 Å². The predicted octanol–water partition coefficient (Wildman–Crippen LogP) is 1.52. The number of ketones is 1. The average molecular weight is 205 g/mol. The van der Waals surface area contributed by atoms with Crippen LogP contribution in [-0.2, 0) is 11.2 Å². The third-order valence-corrected chi connectivity index (χ3v) is 2.22. The molecule has 0 saturated heterocycles. The van der Waals surface area contributed by atoms with E-state index in [9.17, 15) is 9.59 Å². The molecule has 0 fully saturated rings. The molecule has 3 nitrogen and oxygen atoms in total. The number of hydrogen-bond acceptors (Lipinski definition) is 2. The minimum Gasteiger partial charge on any atom is -0.342 e. The first-order valence-corrected chi connectivity index (χ1v) is 4.91. The van der Waals surface area contributed by atoms with Gasteiger partial charge in [0.1, 0.15) is 0 Å². The SMILES string of the molecule is CCc1ccc(C(=O)C(=O)N(C)C)cc1. The molecule has 0 radical (unpaired) electrons. The first-order valence-electron chi connectivity index (χ1n) is 4.91. The third kappa shape index (κ3) is 2.65. The Labute approximate surface area is 89.7 Å². The van der Waals surface area contributed by atoms with Crippen molar-refractivity contribution in [2.75, 3.05) is 14.1 Å². The molecule has 1 aromatic rings. The van der Waals surface area contributed by atoms with Gasteiger partial charge in [-0.05, 0) is 12.0 Å². The second-order valence-electron chi connectivity index (χ2n) is 3.58. The van der Waals surface area contributed by atoms with Gasteiger partial charge in [-0.2, -0.15) is 0 Å². The maximum Gasteiger partial charge on any atom is 0.294 e. The van der Waals surface area contributed by atoms with Crippen molar-refractivity contribution in [1.82, 2.24) is 4.90 Å². The van der Waals surface area contributed by atoms with Gasteiger partial charge in [0, 0.05) is 19.7 Å². The summed E-state index contributed by atoms with van der Waals surface area (Å²) in [5.74, 6) is -0.943. The molecular weight excluding hydrogens is 190 g/mol. The molecular formula is C12H15NO2. The number of Topliss-reactive ketones (excluding diaryl/α,β-unsaturated/α-hetero) is 1. The maximum absolute atomic E-state index is 11.6. The van der Waals surface area contributed by atoms with Crippen molar-refractivity contribution >= 4 is 11.7 Å². The first kappa shape index (κ1) is 11.4. The van der Waals surface area contributed by atoms with Gasteiger partial charge in [-0.1, -0.05) is 31.2 Å². The van der Waals surface area contributed by atoms with Gasteiger partial charge < -0.3 is 4.90 Å². The molecule has 0 aliphatic heterocycles. The first-order chi connectivity index (χ1) is 7.06. The van der Waals surface area contributed by atoms with Gasteiger partial charge in [-0.3, -0.25) is 9.59 Å². The van der Waals surface area contributed by atoms with Crippen LogP contribution in [0.15, 0.2) is 24.3 Å². The fourth-order valence-electron chi connectivity index (χ4n) is 1.22. The van der Waals surface area contributed by atoms with E-state index >= 15 is 0 Å². The molecule has 1 amide bonds. The van der Waals surface area contributed by atoms with Crippen LogP contribution in [0.4, 0.5) is 0 Å². The summed E-state index contributed by atoms with van der Waals surface area (Å²) in [4.78, 5) is 24.3. The van der Waals surface area contributed by atoms with Crippen LogP contribution in [0.3, 0.4) is 0 Å². The fourth-order valence-corrected chi connectivity index (χ4v) is 1.22. The van der Waals surface area contributed by atoms with E-state index in [0.717, 1.165) is 12.0 Å². The number of hydrogen-bond donors (Lipinski definition) is 0. The molecule has 0 aliphatic carbocycles. The number of amides is 1. The van der Waals surface area contributed by atoms with E-state index in [4.69, 9.17) is 0 Å². The number of benzene rings is 1. The molecule has 0 spiro atoms. The third-order valence-electron chi connectivity index (χ3n) is 2.22. The molecule has 1 rings (SSSR count).